The maximum Gasteiger partial charge on any atom is 0.110 e. The maximum absolute atomic E-state index is 11.0. The first kappa shape index (κ1) is 15.9. The highest BCUT2D eigenvalue weighted by atomic mass is 16.5. The Balaban J connectivity index is 2.85. The van der Waals surface area contributed by atoms with Crippen molar-refractivity contribution >= 4 is 0 Å². The second kappa shape index (κ2) is 6.85. The Morgan fingerprint density at radius 2 is 1.94 bits per heavy atom. The van der Waals surface area contributed by atoms with Crippen molar-refractivity contribution in [2.24, 2.45) is 17.8 Å². The molecule has 0 spiro atoms. The molecule has 4 atom stereocenters. The van der Waals surface area contributed by atoms with Gasteiger partial charge < -0.3 is 20.1 Å². The van der Waals surface area contributed by atoms with Gasteiger partial charge in [0.25, 0.3) is 0 Å². The van der Waals surface area contributed by atoms with Crippen molar-refractivity contribution in [2.45, 2.75) is 51.7 Å². The summed E-state index contributed by atoms with van der Waals surface area (Å²) in [5.41, 5.74) is -0.976. The van der Waals surface area contributed by atoms with Crippen molar-refractivity contribution in [1.29, 1.82) is 0 Å². The van der Waals surface area contributed by atoms with Crippen LogP contribution in [0.2, 0.25) is 0 Å². The molecule has 0 amide bonds. The van der Waals surface area contributed by atoms with E-state index in [1.807, 2.05) is 0 Å². The molecule has 1 fully saturated rings. The third-order valence-electron chi connectivity index (χ3n) is 4.23. The molecule has 108 valence electrons. The van der Waals surface area contributed by atoms with Gasteiger partial charge in [-0.2, -0.15) is 0 Å². The van der Waals surface area contributed by atoms with Crippen LogP contribution in [0.5, 0.6) is 0 Å². The van der Waals surface area contributed by atoms with E-state index in [2.05, 4.69) is 20.8 Å². The largest absolute Gasteiger partial charge is 0.394 e. The van der Waals surface area contributed by atoms with Gasteiger partial charge in [-0.15, -0.1) is 0 Å². The van der Waals surface area contributed by atoms with Crippen molar-refractivity contribution in [3.63, 3.8) is 0 Å². The summed E-state index contributed by atoms with van der Waals surface area (Å²) >= 11 is 0. The zero-order chi connectivity index (χ0) is 13.8. The molecule has 4 heteroatoms. The summed E-state index contributed by atoms with van der Waals surface area (Å²) in [6, 6.07) is 0. The van der Waals surface area contributed by atoms with E-state index in [4.69, 9.17) is 9.84 Å². The summed E-state index contributed by atoms with van der Waals surface area (Å²) in [5, 5.41) is 29.3. The van der Waals surface area contributed by atoms with Gasteiger partial charge in [0.05, 0.1) is 25.4 Å². The Kier molecular flexibility index (Phi) is 6.05. The highest BCUT2D eigenvalue weighted by molar-refractivity contribution is 4.99. The van der Waals surface area contributed by atoms with E-state index < -0.39 is 11.7 Å². The Bertz CT molecular complexity index is 244. The molecule has 4 unspecified atom stereocenters. The van der Waals surface area contributed by atoms with Crippen LogP contribution >= 0.6 is 0 Å². The minimum absolute atomic E-state index is 0.0888. The second-order valence-electron chi connectivity index (χ2n) is 5.99. The van der Waals surface area contributed by atoms with Gasteiger partial charge in [0.15, 0.2) is 0 Å². The maximum atomic E-state index is 11.0. The molecule has 0 aromatic rings. The zero-order valence-electron chi connectivity index (χ0n) is 11.8. The molecular formula is C14H28O4. The Morgan fingerprint density at radius 3 is 2.44 bits per heavy atom. The van der Waals surface area contributed by atoms with Crippen LogP contribution in [0.3, 0.4) is 0 Å². The SMILES string of the molecule is CC1CCC(C(C)C)C(O)(C(CO)OCCO)C1. The van der Waals surface area contributed by atoms with Crippen LogP contribution in [0, 0.1) is 17.8 Å². The fraction of sp³-hybridized carbons (Fsp3) is 1.00. The number of aliphatic hydroxyl groups excluding tert-OH is 2. The van der Waals surface area contributed by atoms with Gasteiger partial charge in [0.2, 0.25) is 0 Å². The van der Waals surface area contributed by atoms with Crippen LogP contribution in [-0.4, -0.2) is 46.8 Å². The van der Waals surface area contributed by atoms with Gasteiger partial charge >= 0.3 is 0 Å². The molecule has 4 nitrogen and oxygen atoms in total. The van der Waals surface area contributed by atoms with Crippen LogP contribution < -0.4 is 0 Å². The van der Waals surface area contributed by atoms with E-state index >= 15 is 0 Å². The average molecular weight is 260 g/mol. The van der Waals surface area contributed by atoms with E-state index in [9.17, 15) is 10.2 Å². The predicted octanol–water partition coefficient (Wildman–Crippen LogP) is 1.18. The van der Waals surface area contributed by atoms with Crippen molar-refractivity contribution in [3.8, 4) is 0 Å². The fourth-order valence-electron chi connectivity index (χ4n) is 3.36. The van der Waals surface area contributed by atoms with Crippen molar-refractivity contribution < 1.29 is 20.1 Å². The molecule has 0 bridgehead atoms. The monoisotopic (exact) mass is 260 g/mol. The first-order valence-corrected chi connectivity index (χ1v) is 7.01. The molecule has 0 aromatic heterocycles. The molecule has 0 saturated heterocycles. The lowest BCUT2D eigenvalue weighted by molar-refractivity contribution is -0.187. The standard InChI is InChI=1S/C14H28O4/c1-10(2)12-5-4-11(3)8-14(12,17)13(9-16)18-7-6-15/h10-13,15-17H,4-9H2,1-3H3. The summed E-state index contributed by atoms with van der Waals surface area (Å²) in [6.45, 7) is 6.20. The predicted molar refractivity (Wildman–Crippen MR) is 70.2 cm³/mol. The Morgan fingerprint density at radius 1 is 1.28 bits per heavy atom. The summed E-state index contributed by atoms with van der Waals surface area (Å²) in [6.07, 6.45) is 2.14. The van der Waals surface area contributed by atoms with Crippen molar-refractivity contribution in [3.05, 3.63) is 0 Å². The van der Waals surface area contributed by atoms with E-state index in [1.54, 1.807) is 0 Å². The molecule has 1 rings (SSSR count). The van der Waals surface area contributed by atoms with E-state index in [0.717, 1.165) is 12.8 Å². The van der Waals surface area contributed by atoms with Gasteiger partial charge in [-0.3, -0.25) is 0 Å². The average Bonchev–Trinajstić information content (AvgIpc) is 2.29. The second-order valence-corrected chi connectivity index (χ2v) is 5.99. The molecule has 18 heavy (non-hydrogen) atoms. The van der Waals surface area contributed by atoms with Gasteiger partial charge in [-0.1, -0.05) is 27.2 Å². The van der Waals surface area contributed by atoms with Crippen LogP contribution in [0.15, 0.2) is 0 Å². The van der Waals surface area contributed by atoms with Crippen molar-refractivity contribution in [1.82, 2.24) is 0 Å². The summed E-state index contributed by atoms with van der Waals surface area (Å²) in [5.74, 6) is 0.940. The lowest BCUT2D eigenvalue weighted by Gasteiger charge is -2.48. The fourth-order valence-corrected chi connectivity index (χ4v) is 3.36. The molecule has 1 aliphatic carbocycles. The van der Waals surface area contributed by atoms with Crippen LogP contribution in [-0.2, 0) is 4.74 Å². The summed E-state index contributed by atoms with van der Waals surface area (Å²) in [4.78, 5) is 0. The van der Waals surface area contributed by atoms with E-state index in [-0.39, 0.29) is 25.7 Å². The zero-order valence-corrected chi connectivity index (χ0v) is 11.8. The summed E-state index contributed by atoms with van der Waals surface area (Å²) < 4.78 is 5.46. The third-order valence-corrected chi connectivity index (χ3v) is 4.23. The van der Waals surface area contributed by atoms with Crippen LogP contribution in [0.1, 0.15) is 40.0 Å². The first-order chi connectivity index (χ1) is 8.45. The molecule has 1 aliphatic rings. The van der Waals surface area contributed by atoms with Gasteiger partial charge in [-0.05, 0) is 30.6 Å². The minimum atomic E-state index is -0.976. The first-order valence-electron chi connectivity index (χ1n) is 7.01. The number of rotatable bonds is 6. The van der Waals surface area contributed by atoms with E-state index in [0.29, 0.717) is 18.3 Å². The summed E-state index contributed by atoms with van der Waals surface area (Å²) in [7, 11) is 0. The number of aliphatic hydroxyl groups is 3. The number of hydrogen-bond acceptors (Lipinski definition) is 4. The highest BCUT2D eigenvalue weighted by Crippen LogP contribution is 2.43. The molecule has 0 aromatic carbocycles. The van der Waals surface area contributed by atoms with Crippen LogP contribution in [0.25, 0.3) is 0 Å². The minimum Gasteiger partial charge on any atom is -0.394 e. The molecule has 0 aliphatic heterocycles. The third kappa shape index (κ3) is 3.44. The Hall–Kier alpha value is -0.160. The number of hydrogen-bond donors (Lipinski definition) is 3. The molecule has 0 heterocycles. The Labute approximate surface area is 110 Å². The topological polar surface area (TPSA) is 69.9 Å². The van der Waals surface area contributed by atoms with Crippen molar-refractivity contribution in [2.75, 3.05) is 19.8 Å². The lowest BCUT2D eigenvalue weighted by Crippen LogP contribution is -2.56. The van der Waals surface area contributed by atoms with Crippen LogP contribution in [0.4, 0.5) is 0 Å². The molecule has 3 N–H and O–H groups in total. The molecule has 1 saturated carbocycles. The highest BCUT2D eigenvalue weighted by Gasteiger charge is 2.48. The van der Waals surface area contributed by atoms with Gasteiger partial charge in [0.1, 0.15) is 6.10 Å². The number of ether oxygens (including phenoxy) is 1. The van der Waals surface area contributed by atoms with Gasteiger partial charge in [-0.25, -0.2) is 0 Å². The lowest BCUT2D eigenvalue weighted by atomic mass is 9.65. The molecule has 0 radical (unpaired) electrons. The quantitative estimate of drug-likeness (QED) is 0.671. The van der Waals surface area contributed by atoms with E-state index in [1.165, 1.54) is 0 Å². The van der Waals surface area contributed by atoms with Gasteiger partial charge in [0, 0.05) is 0 Å². The molecular weight excluding hydrogens is 232 g/mol. The smallest absolute Gasteiger partial charge is 0.110 e. The normalized spacial score (nSPS) is 34.8.